The zero-order valence-electron chi connectivity index (χ0n) is 9.63. The van der Waals surface area contributed by atoms with Crippen LogP contribution in [0.1, 0.15) is 13.3 Å². The Hall–Kier alpha value is -0.990. The van der Waals surface area contributed by atoms with E-state index >= 15 is 0 Å². The molecule has 0 amide bonds. The summed E-state index contributed by atoms with van der Waals surface area (Å²) in [6.45, 7) is 8.42. The van der Waals surface area contributed by atoms with Gasteiger partial charge in [-0.05, 0) is 36.7 Å². The molecule has 2 nitrogen and oxygen atoms in total. The highest BCUT2D eigenvalue weighted by atomic mass is 35.5. The summed E-state index contributed by atoms with van der Waals surface area (Å²) in [5.41, 5.74) is 1.04. The Morgan fingerprint density at radius 2 is 2.31 bits per heavy atom. The van der Waals surface area contributed by atoms with Gasteiger partial charge in [-0.1, -0.05) is 31.2 Å². The molecule has 0 aliphatic heterocycles. The van der Waals surface area contributed by atoms with E-state index in [2.05, 4.69) is 18.8 Å². The third-order valence-corrected chi connectivity index (χ3v) is 2.28. The van der Waals surface area contributed by atoms with Crippen LogP contribution in [0.4, 0.5) is 0 Å². The largest absolute Gasteiger partial charge is 0.489 e. The van der Waals surface area contributed by atoms with Gasteiger partial charge in [0.2, 0.25) is 0 Å². The van der Waals surface area contributed by atoms with Gasteiger partial charge in [0, 0.05) is 11.6 Å². The molecule has 1 aromatic carbocycles. The Balaban J connectivity index is 2.26. The fourth-order valence-corrected chi connectivity index (χ4v) is 1.42. The first-order chi connectivity index (χ1) is 7.72. The number of hydrogen-bond donors (Lipinski definition) is 1. The maximum absolute atomic E-state index is 5.85. The maximum atomic E-state index is 5.85. The van der Waals surface area contributed by atoms with Crippen molar-refractivity contribution in [3.05, 3.63) is 41.4 Å². The van der Waals surface area contributed by atoms with Gasteiger partial charge < -0.3 is 10.1 Å². The van der Waals surface area contributed by atoms with E-state index in [1.54, 1.807) is 6.07 Å². The lowest BCUT2D eigenvalue weighted by atomic mass is 10.3. The van der Waals surface area contributed by atoms with E-state index < -0.39 is 0 Å². The molecule has 0 radical (unpaired) electrons. The van der Waals surface area contributed by atoms with Crippen molar-refractivity contribution >= 4 is 11.6 Å². The minimum Gasteiger partial charge on any atom is -0.489 e. The topological polar surface area (TPSA) is 21.3 Å². The van der Waals surface area contributed by atoms with Crippen molar-refractivity contribution in [1.29, 1.82) is 0 Å². The smallest absolute Gasteiger partial charge is 0.121 e. The van der Waals surface area contributed by atoms with Crippen LogP contribution in [0.25, 0.3) is 0 Å². The summed E-state index contributed by atoms with van der Waals surface area (Å²) < 4.78 is 5.56. The number of rotatable bonds is 7. The summed E-state index contributed by atoms with van der Waals surface area (Å²) in [7, 11) is 0. The van der Waals surface area contributed by atoms with E-state index in [-0.39, 0.29) is 0 Å². The summed E-state index contributed by atoms with van der Waals surface area (Å²) in [6.07, 6.45) is 1.13. The Morgan fingerprint density at radius 1 is 1.50 bits per heavy atom. The van der Waals surface area contributed by atoms with Crippen LogP contribution >= 0.6 is 11.6 Å². The molecule has 1 aromatic rings. The highest BCUT2D eigenvalue weighted by Gasteiger charge is 1.97. The number of nitrogens with one attached hydrogen (secondary N) is 1. The molecule has 0 spiro atoms. The van der Waals surface area contributed by atoms with E-state index in [9.17, 15) is 0 Å². The molecule has 1 rings (SSSR count). The summed E-state index contributed by atoms with van der Waals surface area (Å²) in [5.74, 6) is 0.782. The second-order valence-electron chi connectivity index (χ2n) is 3.67. The molecule has 0 saturated carbocycles. The van der Waals surface area contributed by atoms with Gasteiger partial charge in [-0.2, -0.15) is 0 Å². The highest BCUT2D eigenvalue weighted by Crippen LogP contribution is 2.17. The Kier molecular flexibility index (Phi) is 5.98. The fourth-order valence-electron chi connectivity index (χ4n) is 1.24. The van der Waals surface area contributed by atoms with Crippen LogP contribution in [0.5, 0.6) is 5.75 Å². The zero-order valence-corrected chi connectivity index (χ0v) is 10.4. The van der Waals surface area contributed by atoms with Gasteiger partial charge in [0.1, 0.15) is 12.4 Å². The van der Waals surface area contributed by atoms with E-state index in [4.69, 9.17) is 16.3 Å². The quantitative estimate of drug-likeness (QED) is 0.583. The Morgan fingerprint density at radius 3 is 3.00 bits per heavy atom. The lowest BCUT2D eigenvalue weighted by molar-refractivity contribution is 0.348. The van der Waals surface area contributed by atoms with Crippen LogP contribution < -0.4 is 10.1 Å². The normalized spacial score (nSPS) is 10.1. The predicted octanol–water partition coefficient (Wildman–Crippen LogP) is 3.27. The molecule has 1 N–H and O–H groups in total. The molecule has 0 bridgehead atoms. The van der Waals surface area contributed by atoms with Crippen molar-refractivity contribution in [3.63, 3.8) is 0 Å². The molecule has 0 aliphatic carbocycles. The third kappa shape index (κ3) is 5.19. The Labute approximate surface area is 102 Å². The van der Waals surface area contributed by atoms with Crippen LogP contribution in [0.2, 0.25) is 5.02 Å². The molecule has 0 heterocycles. The minimum absolute atomic E-state index is 0.525. The van der Waals surface area contributed by atoms with Crippen molar-refractivity contribution in [1.82, 2.24) is 5.32 Å². The molecule has 0 fully saturated rings. The van der Waals surface area contributed by atoms with Crippen LogP contribution in [0.3, 0.4) is 0 Å². The van der Waals surface area contributed by atoms with Crippen molar-refractivity contribution < 1.29 is 4.74 Å². The molecule has 0 saturated heterocycles. The van der Waals surface area contributed by atoms with Gasteiger partial charge in [-0.15, -0.1) is 0 Å². The maximum Gasteiger partial charge on any atom is 0.121 e. The van der Waals surface area contributed by atoms with Gasteiger partial charge in [0.25, 0.3) is 0 Å². The van der Waals surface area contributed by atoms with Crippen LogP contribution in [0.15, 0.2) is 36.4 Å². The molecule has 0 aromatic heterocycles. The van der Waals surface area contributed by atoms with Crippen molar-refractivity contribution in [3.8, 4) is 5.75 Å². The van der Waals surface area contributed by atoms with Crippen LogP contribution in [-0.4, -0.2) is 19.7 Å². The molecular weight excluding hydrogens is 222 g/mol. The van der Waals surface area contributed by atoms with Gasteiger partial charge in [0.05, 0.1) is 0 Å². The number of halogens is 1. The van der Waals surface area contributed by atoms with Gasteiger partial charge in [-0.25, -0.2) is 0 Å². The van der Waals surface area contributed by atoms with Gasteiger partial charge >= 0.3 is 0 Å². The number of hydrogen-bond acceptors (Lipinski definition) is 2. The van der Waals surface area contributed by atoms with E-state index in [0.29, 0.717) is 11.6 Å². The SMILES string of the molecule is C=C(CNCCC)COc1cccc(Cl)c1. The number of ether oxygens (including phenoxy) is 1. The summed E-state index contributed by atoms with van der Waals surface area (Å²) in [6, 6.07) is 7.38. The average molecular weight is 240 g/mol. The van der Waals surface area contributed by atoms with E-state index in [1.807, 2.05) is 18.2 Å². The summed E-state index contributed by atoms with van der Waals surface area (Å²) in [4.78, 5) is 0. The van der Waals surface area contributed by atoms with Crippen molar-refractivity contribution in [2.75, 3.05) is 19.7 Å². The zero-order chi connectivity index (χ0) is 11.8. The predicted molar refractivity (Wildman–Crippen MR) is 69.2 cm³/mol. The van der Waals surface area contributed by atoms with E-state index in [0.717, 1.165) is 30.8 Å². The average Bonchev–Trinajstić information content (AvgIpc) is 2.27. The van der Waals surface area contributed by atoms with Crippen LogP contribution in [0, 0.1) is 0 Å². The fraction of sp³-hybridized carbons (Fsp3) is 0.385. The molecule has 0 aliphatic rings. The van der Waals surface area contributed by atoms with Crippen molar-refractivity contribution in [2.45, 2.75) is 13.3 Å². The molecule has 3 heteroatoms. The minimum atomic E-state index is 0.525. The van der Waals surface area contributed by atoms with E-state index in [1.165, 1.54) is 0 Å². The number of benzene rings is 1. The molecule has 88 valence electrons. The third-order valence-electron chi connectivity index (χ3n) is 2.04. The Bertz CT molecular complexity index is 338. The molecule has 0 unspecified atom stereocenters. The van der Waals surface area contributed by atoms with Gasteiger partial charge in [-0.3, -0.25) is 0 Å². The first-order valence-corrected chi connectivity index (χ1v) is 5.86. The molecular formula is C13H18ClNO. The molecule has 16 heavy (non-hydrogen) atoms. The lowest BCUT2D eigenvalue weighted by Gasteiger charge is -2.09. The van der Waals surface area contributed by atoms with Gasteiger partial charge in [0.15, 0.2) is 0 Å². The summed E-state index contributed by atoms with van der Waals surface area (Å²) >= 11 is 5.85. The summed E-state index contributed by atoms with van der Waals surface area (Å²) in [5, 5.41) is 3.96. The molecule has 0 atom stereocenters. The first kappa shape index (κ1) is 13.1. The second-order valence-corrected chi connectivity index (χ2v) is 4.11. The first-order valence-electron chi connectivity index (χ1n) is 5.48. The highest BCUT2D eigenvalue weighted by molar-refractivity contribution is 6.30. The second kappa shape index (κ2) is 7.31. The van der Waals surface area contributed by atoms with Crippen molar-refractivity contribution in [2.24, 2.45) is 0 Å². The lowest BCUT2D eigenvalue weighted by Crippen LogP contribution is -2.20. The monoisotopic (exact) mass is 239 g/mol. The van der Waals surface area contributed by atoms with Crippen LogP contribution in [-0.2, 0) is 0 Å². The standard InChI is InChI=1S/C13H18ClNO/c1-3-7-15-9-11(2)10-16-13-6-4-5-12(14)8-13/h4-6,8,15H,2-3,7,9-10H2,1H3.